The highest BCUT2D eigenvalue weighted by Crippen LogP contribution is 2.48. The van der Waals surface area contributed by atoms with Crippen LogP contribution in [0.2, 0.25) is 0 Å². The second-order valence-corrected chi connectivity index (χ2v) is 18.5. The number of hydrogen-bond acceptors (Lipinski definition) is 9. The number of fused-ring (bicyclic) bond motifs is 3. The van der Waals surface area contributed by atoms with E-state index in [0.717, 1.165) is 25.0 Å². The molecule has 14 nitrogen and oxygen atoms in total. The fourth-order valence-corrected chi connectivity index (χ4v) is 9.23. The molecule has 2 saturated heterocycles. The Morgan fingerprint density at radius 1 is 0.966 bits per heavy atom. The summed E-state index contributed by atoms with van der Waals surface area (Å²) < 4.78 is 94.1. The van der Waals surface area contributed by atoms with Crippen molar-refractivity contribution in [1.29, 1.82) is 0 Å². The highest BCUT2D eigenvalue weighted by Gasteiger charge is 2.62. The lowest BCUT2D eigenvalue weighted by molar-refractivity contribution is -0.141. The third-order valence-corrected chi connectivity index (χ3v) is 12.3. The molecule has 0 spiro atoms. The summed E-state index contributed by atoms with van der Waals surface area (Å²) in [5.74, 6) is -4.51. The first kappa shape index (κ1) is 43.6. The monoisotopic (exact) mass is 851 g/mol. The lowest BCUT2D eigenvalue weighted by Gasteiger charge is -2.30. The van der Waals surface area contributed by atoms with Crippen LogP contribution in [0.5, 0.6) is 0 Å². The van der Waals surface area contributed by atoms with Crippen molar-refractivity contribution in [1.82, 2.24) is 25.2 Å². The van der Waals surface area contributed by atoms with Crippen molar-refractivity contribution in [2.45, 2.75) is 133 Å². The van der Waals surface area contributed by atoms with E-state index in [4.69, 9.17) is 9.47 Å². The van der Waals surface area contributed by atoms with Gasteiger partial charge >= 0.3 is 18.4 Å². The average Bonchev–Trinajstić information content (AvgIpc) is 3.42. The summed E-state index contributed by atoms with van der Waals surface area (Å²) in [6.07, 6.45) is -3.68. The normalized spacial score (nSPS) is 25.3. The van der Waals surface area contributed by atoms with E-state index in [1.165, 1.54) is 28.0 Å². The predicted molar refractivity (Wildman–Crippen MR) is 203 cm³/mol. The Kier molecular flexibility index (Phi) is 12.5. The number of rotatable bonds is 6. The molecular weight excluding hydrogens is 803 g/mol. The van der Waals surface area contributed by atoms with Crippen molar-refractivity contribution in [3.8, 4) is 0 Å². The van der Waals surface area contributed by atoms with Gasteiger partial charge in [-0.1, -0.05) is 62.4 Å². The second-order valence-electron chi connectivity index (χ2n) is 16.8. The van der Waals surface area contributed by atoms with Gasteiger partial charge in [-0.05, 0) is 69.2 Å². The molecule has 0 radical (unpaired) electrons. The van der Waals surface area contributed by atoms with Gasteiger partial charge in [0.15, 0.2) is 0 Å². The maximum Gasteiger partial charge on any atom is 0.416 e. The Balaban J connectivity index is 1.24. The van der Waals surface area contributed by atoms with E-state index in [0.29, 0.717) is 42.9 Å². The number of ether oxygens (including phenoxy) is 2. The smallest absolute Gasteiger partial charge is 0.416 e. The summed E-state index contributed by atoms with van der Waals surface area (Å²) in [5.41, 5.74) is -2.96. The van der Waals surface area contributed by atoms with E-state index in [9.17, 15) is 50.0 Å². The van der Waals surface area contributed by atoms with Crippen molar-refractivity contribution in [3.05, 3.63) is 70.5 Å². The van der Waals surface area contributed by atoms with Gasteiger partial charge in [-0.2, -0.15) is 13.2 Å². The van der Waals surface area contributed by atoms with Crippen LogP contribution >= 0.6 is 0 Å². The van der Waals surface area contributed by atoms with E-state index in [1.807, 2.05) is 4.72 Å². The number of carbonyl (C=O) groups is 5. The number of benzene rings is 2. The topological polar surface area (TPSA) is 181 Å². The zero-order valence-corrected chi connectivity index (χ0v) is 33.8. The minimum atomic E-state index is -4.73. The fourth-order valence-electron chi connectivity index (χ4n) is 8.07. The van der Waals surface area contributed by atoms with E-state index in [2.05, 4.69) is 10.6 Å². The van der Waals surface area contributed by atoms with Gasteiger partial charge in [0.1, 0.15) is 35.1 Å². The lowest BCUT2D eigenvalue weighted by atomic mass is 10.0. The summed E-state index contributed by atoms with van der Waals surface area (Å²) in [6.45, 7) is 4.71. The zero-order valence-electron chi connectivity index (χ0n) is 33.0. The minimum absolute atomic E-state index is 0.0532. The Morgan fingerprint density at radius 3 is 2.36 bits per heavy atom. The molecule has 5 amide bonds. The number of hydrogen-bond donors (Lipinski definition) is 3. The number of alkyl carbamates (subject to hydrolysis) is 1. The number of halogens is 4. The quantitative estimate of drug-likeness (QED) is 0.320. The number of sulfonamides is 1. The first-order valence-corrected chi connectivity index (χ1v) is 21.3. The molecule has 3 aliphatic heterocycles. The van der Waals surface area contributed by atoms with Gasteiger partial charge in [-0.15, -0.1) is 0 Å². The highest BCUT2D eigenvalue weighted by atomic mass is 32.2. The first-order valence-electron chi connectivity index (χ1n) is 19.7. The number of nitrogens with one attached hydrogen (secondary N) is 3. The summed E-state index contributed by atoms with van der Waals surface area (Å²) >= 11 is 0. The molecule has 0 aromatic heterocycles. The van der Waals surface area contributed by atoms with Gasteiger partial charge in [0.2, 0.25) is 21.8 Å². The van der Waals surface area contributed by atoms with Crippen LogP contribution in [-0.4, -0.2) is 84.0 Å². The van der Waals surface area contributed by atoms with Crippen LogP contribution in [0.4, 0.5) is 27.2 Å². The third-order valence-electron chi connectivity index (χ3n) is 11.1. The molecule has 3 fully saturated rings. The number of carbonyl (C=O) groups excluding carboxylic acids is 5. The summed E-state index contributed by atoms with van der Waals surface area (Å²) in [5, 5.41) is 5.35. The number of amides is 5. The Hall–Kier alpha value is -4.94. The molecule has 2 aromatic carbocycles. The van der Waals surface area contributed by atoms with Crippen LogP contribution in [0.3, 0.4) is 0 Å². The molecule has 1 aliphatic carbocycles. The molecule has 2 aromatic rings. The Bertz CT molecular complexity index is 2080. The molecule has 0 bridgehead atoms. The number of nitrogens with zero attached hydrogens (tertiary/aromatic N) is 2. The van der Waals surface area contributed by atoms with Gasteiger partial charge in [0.25, 0.3) is 5.91 Å². The molecule has 0 unspecified atom stereocenters. The van der Waals surface area contributed by atoms with Gasteiger partial charge < -0.3 is 25.0 Å². The summed E-state index contributed by atoms with van der Waals surface area (Å²) in [4.78, 5) is 71.5. The lowest BCUT2D eigenvalue weighted by Crippen LogP contribution is -2.58. The summed E-state index contributed by atoms with van der Waals surface area (Å²) in [6, 6.07) is 5.70. The molecule has 3 heterocycles. The maximum absolute atomic E-state index is 14.5. The van der Waals surface area contributed by atoms with E-state index < -0.39 is 98.5 Å². The van der Waals surface area contributed by atoms with Crippen molar-refractivity contribution in [2.24, 2.45) is 5.92 Å². The van der Waals surface area contributed by atoms with E-state index in [-0.39, 0.29) is 44.5 Å². The standard InChI is InChI=1S/C40H49F4N5O9S/c1-38(2,3)58-36(53)45-31-16-8-6-4-5-7-13-27-19-39(27,35(52)47-59(55,56)23-24-11-9-14-26(17-24)40(42,43)44)46-33(50)32-18-28(21-49(32)34(31)51)57-37(54)48-20-25-12-10-15-30(41)29(25)22-48/h9-12,14-15,17,27-28,31-32H,4-8,13,16,18-23H2,1-3H3,(H,45,53)(H,46,50)(H,47,52)/t27-,28-,31+,32+,39-/m1/s1. The first-order chi connectivity index (χ1) is 27.6. The second kappa shape index (κ2) is 17.0. The number of alkyl halides is 3. The van der Waals surface area contributed by atoms with Crippen LogP contribution in [0.1, 0.15) is 101 Å². The van der Waals surface area contributed by atoms with Crippen molar-refractivity contribution in [3.63, 3.8) is 0 Å². The molecule has 19 heteroatoms. The molecule has 5 atom stereocenters. The average molecular weight is 852 g/mol. The minimum Gasteiger partial charge on any atom is -0.444 e. The Labute approximate surface area is 339 Å². The SMILES string of the molecule is CC(C)(C)OC(=O)N[C@H]1CCCCCCC[C@@H]2C[C@@]2(C(=O)NS(=O)(=O)Cc2cccc(C(F)(F)F)c2)NC(=O)[C@@H]2C[C@@H](OC(=O)N3Cc4cccc(F)c4C3)CN2C1=O. The molecule has 3 N–H and O–H groups in total. The van der Waals surface area contributed by atoms with Crippen LogP contribution in [-0.2, 0) is 58.9 Å². The molecule has 59 heavy (non-hydrogen) atoms. The van der Waals surface area contributed by atoms with Crippen LogP contribution in [0.15, 0.2) is 42.5 Å². The van der Waals surface area contributed by atoms with E-state index >= 15 is 0 Å². The van der Waals surface area contributed by atoms with Crippen molar-refractivity contribution in [2.75, 3.05) is 6.54 Å². The van der Waals surface area contributed by atoms with Crippen LogP contribution < -0.4 is 15.4 Å². The Morgan fingerprint density at radius 2 is 1.66 bits per heavy atom. The molecular formula is C40H49F4N5O9S. The van der Waals surface area contributed by atoms with Crippen LogP contribution in [0, 0.1) is 11.7 Å². The largest absolute Gasteiger partial charge is 0.444 e. The van der Waals surface area contributed by atoms with Crippen molar-refractivity contribution >= 4 is 39.9 Å². The fraction of sp³-hybridized carbons (Fsp3) is 0.575. The zero-order chi connectivity index (χ0) is 42.9. The van der Waals surface area contributed by atoms with Gasteiger partial charge in [0, 0.05) is 18.5 Å². The highest BCUT2D eigenvalue weighted by molar-refractivity contribution is 7.89. The molecule has 322 valence electrons. The predicted octanol–water partition coefficient (Wildman–Crippen LogP) is 5.42. The van der Waals surface area contributed by atoms with Crippen molar-refractivity contribution < 1.29 is 59.4 Å². The third kappa shape index (κ3) is 10.6. The van der Waals surface area contributed by atoms with Gasteiger partial charge in [0.05, 0.1) is 24.4 Å². The maximum atomic E-state index is 14.5. The molecule has 4 aliphatic rings. The van der Waals surface area contributed by atoms with Gasteiger partial charge in [-0.3, -0.25) is 24.0 Å². The molecule has 1 saturated carbocycles. The van der Waals surface area contributed by atoms with Gasteiger partial charge in [-0.25, -0.2) is 22.4 Å². The molecule has 6 rings (SSSR count). The summed E-state index contributed by atoms with van der Waals surface area (Å²) in [7, 11) is -4.57. The van der Waals surface area contributed by atoms with E-state index in [1.54, 1.807) is 26.8 Å². The van der Waals surface area contributed by atoms with Crippen LogP contribution in [0.25, 0.3) is 0 Å².